The molecule has 0 aromatic heterocycles. The van der Waals surface area contributed by atoms with Crippen molar-refractivity contribution in [2.45, 2.75) is 95.5 Å². The van der Waals surface area contributed by atoms with Gasteiger partial charge in [0.15, 0.2) is 0 Å². The molecule has 53 heavy (non-hydrogen) atoms. The Morgan fingerprint density at radius 1 is 1.08 bits per heavy atom. The van der Waals surface area contributed by atoms with Crippen LogP contribution in [-0.4, -0.2) is 100 Å². The summed E-state index contributed by atoms with van der Waals surface area (Å²) in [5, 5.41) is -0.0207. The number of carbonyl (C=O) groups excluding carboxylic acids is 1. The molecule has 3 aliphatic heterocycles. The molecule has 1 spiro atoms. The number of ether oxygens (including phenoxy) is 2. The van der Waals surface area contributed by atoms with Crippen molar-refractivity contribution in [1.82, 2.24) is 14.5 Å². The molecule has 9 nitrogen and oxygen atoms in total. The number of anilines is 1. The van der Waals surface area contributed by atoms with E-state index in [-0.39, 0.29) is 17.3 Å². The van der Waals surface area contributed by atoms with Crippen LogP contribution in [0.15, 0.2) is 48.6 Å². The number of sulfonamides is 1. The van der Waals surface area contributed by atoms with Gasteiger partial charge in [-0.05, 0) is 125 Å². The number of allylic oxidation sites excluding steroid dienone is 1. The predicted octanol–water partition coefficient (Wildman–Crippen LogP) is 6.68. The number of piperazine rings is 1. The van der Waals surface area contributed by atoms with E-state index >= 15 is 0 Å². The van der Waals surface area contributed by atoms with E-state index in [1.165, 1.54) is 11.1 Å². The minimum atomic E-state index is -3.95. The van der Waals surface area contributed by atoms with Crippen molar-refractivity contribution in [2.75, 3.05) is 63.9 Å². The van der Waals surface area contributed by atoms with Gasteiger partial charge in [0.25, 0.3) is 5.91 Å². The van der Waals surface area contributed by atoms with E-state index in [2.05, 4.69) is 64.5 Å². The molecule has 1 amide bonds. The molecule has 1 N–H and O–H groups in total. The number of benzene rings is 2. The summed E-state index contributed by atoms with van der Waals surface area (Å²) in [6.45, 7) is 17.8. The zero-order chi connectivity index (χ0) is 37.5. The zero-order valence-electron chi connectivity index (χ0n) is 32.3. The standard InChI is InChI=1S/C42H59ClN4O5S/c1-6-52-42(27-45-19-21-46(22-20-45)29(2)3)18-7-9-30(4)31(5)53(49,50)44-40(48)33-12-16-39-38(24-33)47(25-34-11-14-37(34)42)26-41(28-51-39)17-8-10-32-23-35(43)13-15-36(32)41/h7,12-13,15-16,18,23-24,29-31,34,37H,6,8-11,14,17,19-22,25-28H2,1-5H3,(H,44,48)/b18-7-/t30-,31+,34-,37+,41-,42-/m0/s1. The molecule has 2 aromatic carbocycles. The summed E-state index contributed by atoms with van der Waals surface area (Å²) in [5.41, 5.74) is 2.95. The van der Waals surface area contributed by atoms with Crippen LogP contribution >= 0.6 is 11.6 Å². The molecule has 0 radical (unpaired) electrons. The fourth-order valence-electron chi connectivity index (χ4n) is 9.78. The molecule has 7 rings (SSSR count). The van der Waals surface area contributed by atoms with Gasteiger partial charge in [-0.15, -0.1) is 0 Å². The maximum atomic E-state index is 13.7. The van der Waals surface area contributed by atoms with Crippen molar-refractivity contribution in [2.24, 2.45) is 17.8 Å². The fraction of sp³-hybridized carbons (Fsp3) is 0.643. The first kappa shape index (κ1) is 38.6. The summed E-state index contributed by atoms with van der Waals surface area (Å²) in [7, 11) is -3.95. The summed E-state index contributed by atoms with van der Waals surface area (Å²) in [5.74, 6) is 0.525. The van der Waals surface area contributed by atoms with E-state index in [1.54, 1.807) is 13.0 Å². The van der Waals surface area contributed by atoms with E-state index in [1.807, 2.05) is 25.1 Å². The summed E-state index contributed by atoms with van der Waals surface area (Å²) >= 11 is 6.51. The summed E-state index contributed by atoms with van der Waals surface area (Å²) in [6.07, 6.45) is 10.2. The number of hydrogen-bond donors (Lipinski definition) is 1. The lowest BCUT2D eigenvalue weighted by molar-refractivity contribution is -0.113. The second kappa shape index (κ2) is 15.5. The number of amides is 1. The molecular formula is C42H59ClN4O5S. The Morgan fingerprint density at radius 3 is 2.58 bits per heavy atom. The van der Waals surface area contributed by atoms with Crippen LogP contribution in [0.1, 0.15) is 88.2 Å². The number of hydrogen-bond acceptors (Lipinski definition) is 8. The van der Waals surface area contributed by atoms with E-state index in [0.29, 0.717) is 37.2 Å². The van der Waals surface area contributed by atoms with Crippen LogP contribution in [0.4, 0.5) is 5.69 Å². The van der Waals surface area contributed by atoms with Gasteiger partial charge in [0.1, 0.15) is 11.4 Å². The highest BCUT2D eigenvalue weighted by Crippen LogP contribution is 2.49. The van der Waals surface area contributed by atoms with Crippen molar-refractivity contribution >= 4 is 33.2 Å². The van der Waals surface area contributed by atoms with Gasteiger partial charge in [-0.2, -0.15) is 0 Å². The smallest absolute Gasteiger partial charge is 0.264 e. The van der Waals surface area contributed by atoms with Crippen LogP contribution in [0.25, 0.3) is 0 Å². The number of rotatable bonds is 5. The molecular weight excluding hydrogens is 708 g/mol. The SMILES string of the molecule is CCO[C@]1(CN2CCN(C(C)C)CC2)/C=C\C[C@H](C)[C@@H](C)S(=O)(=O)NC(=O)c2ccc3c(c2)N(C[C@@H]2CC[C@H]21)C[C@@]1(CCCc2cc(Cl)ccc21)CO3. The zero-order valence-corrected chi connectivity index (χ0v) is 33.9. The van der Waals surface area contributed by atoms with Gasteiger partial charge in [0.2, 0.25) is 10.0 Å². The Labute approximate surface area is 322 Å². The molecule has 2 aliphatic carbocycles. The third-order valence-corrected chi connectivity index (χ3v) is 15.4. The van der Waals surface area contributed by atoms with Gasteiger partial charge in [-0.25, -0.2) is 13.1 Å². The van der Waals surface area contributed by atoms with E-state index in [0.717, 1.165) is 94.4 Å². The first-order valence-corrected chi connectivity index (χ1v) is 21.9. The maximum absolute atomic E-state index is 13.7. The van der Waals surface area contributed by atoms with Gasteiger partial charge in [0, 0.05) is 74.5 Å². The molecule has 6 atom stereocenters. The number of nitrogens with one attached hydrogen (secondary N) is 1. The van der Waals surface area contributed by atoms with Crippen LogP contribution in [0.5, 0.6) is 5.75 Å². The lowest BCUT2D eigenvalue weighted by atomic mass is 9.63. The minimum absolute atomic E-state index is 0.212. The van der Waals surface area contributed by atoms with Crippen molar-refractivity contribution < 1.29 is 22.7 Å². The van der Waals surface area contributed by atoms with E-state index < -0.39 is 26.8 Å². The lowest BCUT2D eigenvalue weighted by Crippen LogP contribution is -2.59. The van der Waals surface area contributed by atoms with Gasteiger partial charge in [-0.3, -0.25) is 14.6 Å². The molecule has 0 unspecified atom stereocenters. The molecule has 1 saturated heterocycles. The lowest BCUT2D eigenvalue weighted by Gasteiger charge is -2.52. The molecule has 1 saturated carbocycles. The van der Waals surface area contributed by atoms with Crippen molar-refractivity contribution in [3.8, 4) is 5.75 Å². The third-order valence-electron chi connectivity index (χ3n) is 13.3. The Hall–Kier alpha value is -2.63. The molecule has 2 fully saturated rings. The van der Waals surface area contributed by atoms with Gasteiger partial charge < -0.3 is 14.4 Å². The van der Waals surface area contributed by atoms with E-state index in [9.17, 15) is 13.2 Å². The third kappa shape index (κ3) is 7.77. The Bertz CT molecular complexity index is 1800. The quantitative estimate of drug-likeness (QED) is 0.337. The van der Waals surface area contributed by atoms with Gasteiger partial charge in [0.05, 0.1) is 17.5 Å². The van der Waals surface area contributed by atoms with Crippen LogP contribution in [0.2, 0.25) is 5.02 Å². The van der Waals surface area contributed by atoms with Crippen molar-refractivity contribution in [3.63, 3.8) is 0 Å². The molecule has 3 heterocycles. The Balaban J connectivity index is 1.30. The average molecular weight is 767 g/mol. The number of fused-ring (bicyclic) bond motifs is 4. The normalized spacial score (nSPS) is 32.9. The summed E-state index contributed by atoms with van der Waals surface area (Å²) < 4.78 is 43.4. The predicted molar refractivity (Wildman–Crippen MR) is 213 cm³/mol. The number of aryl methyl sites for hydroxylation is 1. The van der Waals surface area contributed by atoms with Crippen LogP contribution < -0.4 is 14.4 Å². The fourth-order valence-corrected chi connectivity index (χ4v) is 11.3. The topological polar surface area (TPSA) is 91.4 Å². The van der Waals surface area contributed by atoms with Crippen LogP contribution in [-0.2, 0) is 26.6 Å². The molecule has 2 aromatic rings. The summed E-state index contributed by atoms with van der Waals surface area (Å²) in [4.78, 5) is 21.3. The van der Waals surface area contributed by atoms with Crippen molar-refractivity contribution in [1.29, 1.82) is 0 Å². The highest BCUT2D eigenvalue weighted by atomic mass is 35.5. The maximum Gasteiger partial charge on any atom is 0.264 e. The Morgan fingerprint density at radius 2 is 1.87 bits per heavy atom. The average Bonchev–Trinajstić information content (AvgIpc) is 3.26. The van der Waals surface area contributed by atoms with Crippen LogP contribution in [0, 0.1) is 17.8 Å². The highest BCUT2D eigenvalue weighted by Gasteiger charge is 2.50. The van der Waals surface area contributed by atoms with Crippen molar-refractivity contribution in [3.05, 3.63) is 70.3 Å². The number of nitrogens with zero attached hydrogens (tertiary/aromatic N) is 3. The van der Waals surface area contributed by atoms with Gasteiger partial charge in [-0.1, -0.05) is 36.7 Å². The largest absolute Gasteiger partial charge is 0.490 e. The number of halogens is 1. The summed E-state index contributed by atoms with van der Waals surface area (Å²) in [6, 6.07) is 12.2. The molecule has 11 heteroatoms. The first-order valence-electron chi connectivity index (χ1n) is 20.0. The minimum Gasteiger partial charge on any atom is -0.490 e. The molecule has 2 bridgehead atoms. The Kier molecular flexibility index (Phi) is 11.3. The second-order valence-corrected chi connectivity index (χ2v) is 19.3. The van der Waals surface area contributed by atoms with Crippen LogP contribution in [0.3, 0.4) is 0 Å². The highest BCUT2D eigenvalue weighted by molar-refractivity contribution is 7.90. The monoisotopic (exact) mass is 766 g/mol. The molecule has 290 valence electrons. The van der Waals surface area contributed by atoms with E-state index in [4.69, 9.17) is 21.1 Å². The molecule has 5 aliphatic rings. The second-order valence-electron chi connectivity index (χ2n) is 16.8. The van der Waals surface area contributed by atoms with Gasteiger partial charge >= 0.3 is 0 Å². The first-order chi connectivity index (χ1) is 25.3. The number of carbonyl (C=O) groups is 1.